The van der Waals surface area contributed by atoms with E-state index in [0.29, 0.717) is 18.0 Å². The third kappa shape index (κ3) is 2.44. The third-order valence-corrected chi connectivity index (χ3v) is 3.63. The molecule has 1 atom stereocenters. The number of carbonyl (C=O) groups excluding carboxylic acids is 1. The van der Waals surface area contributed by atoms with E-state index in [-0.39, 0.29) is 5.91 Å². The van der Waals surface area contributed by atoms with Gasteiger partial charge in [0.15, 0.2) is 0 Å². The fraction of sp³-hybridized carbons (Fsp3) is 0.500. The van der Waals surface area contributed by atoms with Crippen molar-refractivity contribution in [3.8, 4) is 0 Å². The summed E-state index contributed by atoms with van der Waals surface area (Å²) in [6.07, 6.45) is 1.67. The zero-order valence-electron chi connectivity index (χ0n) is 9.37. The summed E-state index contributed by atoms with van der Waals surface area (Å²) in [5.41, 5.74) is 0.297. The van der Waals surface area contributed by atoms with Gasteiger partial charge < -0.3 is 10.0 Å². The van der Waals surface area contributed by atoms with Crippen molar-refractivity contribution in [2.45, 2.75) is 6.04 Å². The Hall–Kier alpha value is -1.50. The van der Waals surface area contributed by atoms with Crippen molar-refractivity contribution in [2.24, 2.45) is 7.05 Å². The van der Waals surface area contributed by atoms with Crippen molar-refractivity contribution in [2.75, 3.05) is 18.1 Å². The van der Waals surface area contributed by atoms with Crippen LogP contribution in [0.3, 0.4) is 0 Å². The fourth-order valence-corrected chi connectivity index (χ4v) is 2.77. The summed E-state index contributed by atoms with van der Waals surface area (Å²) in [5.74, 6) is -0.0595. The number of aromatic nitrogens is 2. The van der Waals surface area contributed by atoms with E-state index in [4.69, 9.17) is 5.11 Å². The average molecular weight is 255 g/mol. The van der Waals surface area contributed by atoms with Crippen molar-refractivity contribution in [1.82, 2.24) is 14.7 Å². The molecule has 17 heavy (non-hydrogen) atoms. The summed E-state index contributed by atoms with van der Waals surface area (Å²) in [7, 11) is 1.72. The predicted molar refractivity (Wildman–Crippen MR) is 63.0 cm³/mol. The van der Waals surface area contributed by atoms with Crippen LogP contribution < -0.4 is 0 Å². The number of aliphatic carboxylic acids is 1. The van der Waals surface area contributed by atoms with Crippen LogP contribution in [0.2, 0.25) is 0 Å². The first-order chi connectivity index (χ1) is 8.09. The molecular formula is C10H13N3O3S. The van der Waals surface area contributed by atoms with Gasteiger partial charge in [-0.15, -0.1) is 0 Å². The maximum atomic E-state index is 12.1. The Kier molecular flexibility index (Phi) is 3.37. The van der Waals surface area contributed by atoms with E-state index in [1.165, 1.54) is 9.58 Å². The van der Waals surface area contributed by atoms with Gasteiger partial charge in [0.25, 0.3) is 5.91 Å². The molecule has 0 bridgehead atoms. The van der Waals surface area contributed by atoms with Crippen LogP contribution in [0.25, 0.3) is 0 Å². The molecule has 0 aliphatic carbocycles. The van der Waals surface area contributed by atoms with E-state index in [1.54, 1.807) is 31.1 Å². The molecule has 0 spiro atoms. The topological polar surface area (TPSA) is 75.4 Å². The third-order valence-electron chi connectivity index (χ3n) is 2.61. The lowest BCUT2D eigenvalue weighted by Crippen LogP contribution is -2.50. The zero-order valence-corrected chi connectivity index (χ0v) is 10.2. The molecule has 1 saturated heterocycles. The highest BCUT2D eigenvalue weighted by atomic mass is 32.2. The van der Waals surface area contributed by atoms with Crippen molar-refractivity contribution in [3.05, 3.63) is 18.0 Å². The Morgan fingerprint density at radius 3 is 2.94 bits per heavy atom. The van der Waals surface area contributed by atoms with Crippen LogP contribution in [0.1, 0.15) is 10.5 Å². The van der Waals surface area contributed by atoms with Gasteiger partial charge in [0.1, 0.15) is 11.7 Å². The Morgan fingerprint density at radius 2 is 2.35 bits per heavy atom. The summed E-state index contributed by atoms with van der Waals surface area (Å²) in [6, 6.07) is 0.853. The molecule has 7 heteroatoms. The van der Waals surface area contributed by atoms with E-state index < -0.39 is 12.0 Å². The first-order valence-electron chi connectivity index (χ1n) is 5.21. The van der Waals surface area contributed by atoms with E-state index >= 15 is 0 Å². The lowest BCUT2D eigenvalue weighted by molar-refractivity contribution is -0.141. The number of hydrogen-bond donors (Lipinski definition) is 1. The first kappa shape index (κ1) is 12.0. The standard InChI is InChI=1S/C10H13N3O3S/c1-12-3-2-7(11-12)9(14)13-4-5-17-6-8(13)10(15)16/h2-3,8H,4-6H2,1H3,(H,15,16). The minimum Gasteiger partial charge on any atom is -0.480 e. The number of aryl methyl sites for hydroxylation is 1. The lowest BCUT2D eigenvalue weighted by atomic mass is 10.2. The number of carboxylic acids is 1. The molecule has 0 aromatic carbocycles. The normalized spacial score (nSPS) is 20.3. The monoisotopic (exact) mass is 255 g/mol. The number of carbonyl (C=O) groups is 2. The molecule has 1 fully saturated rings. The van der Waals surface area contributed by atoms with Crippen LogP contribution in [0.15, 0.2) is 12.3 Å². The van der Waals surface area contributed by atoms with Crippen LogP contribution in [0.5, 0.6) is 0 Å². The van der Waals surface area contributed by atoms with Gasteiger partial charge in [-0.1, -0.05) is 0 Å². The summed E-state index contributed by atoms with van der Waals surface area (Å²) in [5, 5.41) is 13.1. The molecule has 0 saturated carbocycles. The van der Waals surface area contributed by atoms with E-state index in [0.717, 1.165) is 5.75 Å². The number of carboxylic acid groups (broad SMARTS) is 1. The van der Waals surface area contributed by atoms with Crippen molar-refractivity contribution >= 4 is 23.6 Å². The van der Waals surface area contributed by atoms with Crippen LogP contribution in [0.4, 0.5) is 0 Å². The van der Waals surface area contributed by atoms with Gasteiger partial charge in [-0.25, -0.2) is 4.79 Å². The maximum absolute atomic E-state index is 12.1. The number of nitrogens with zero attached hydrogens (tertiary/aromatic N) is 3. The Bertz CT molecular complexity index is 446. The van der Waals surface area contributed by atoms with Crippen LogP contribution in [0, 0.1) is 0 Å². The lowest BCUT2D eigenvalue weighted by Gasteiger charge is -2.31. The second-order valence-electron chi connectivity index (χ2n) is 3.80. The molecule has 92 valence electrons. The van der Waals surface area contributed by atoms with Gasteiger partial charge in [0.2, 0.25) is 0 Å². The Labute approximate surface area is 103 Å². The maximum Gasteiger partial charge on any atom is 0.327 e. The molecule has 1 aromatic heterocycles. The molecule has 1 unspecified atom stereocenters. The van der Waals surface area contributed by atoms with Gasteiger partial charge in [0, 0.05) is 31.3 Å². The smallest absolute Gasteiger partial charge is 0.327 e. The SMILES string of the molecule is Cn1ccc(C(=O)N2CCSCC2C(=O)O)n1. The quantitative estimate of drug-likeness (QED) is 0.809. The Balaban J connectivity index is 2.19. The van der Waals surface area contributed by atoms with E-state index in [2.05, 4.69) is 5.10 Å². The van der Waals surface area contributed by atoms with Crippen LogP contribution in [-0.4, -0.2) is 55.8 Å². The average Bonchev–Trinajstić information content (AvgIpc) is 2.75. The minimum atomic E-state index is -0.957. The van der Waals surface area contributed by atoms with Gasteiger partial charge in [-0.3, -0.25) is 9.48 Å². The highest BCUT2D eigenvalue weighted by Gasteiger charge is 2.33. The first-order valence-corrected chi connectivity index (χ1v) is 6.36. The number of rotatable bonds is 2. The largest absolute Gasteiger partial charge is 0.480 e. The highest BCUT2D eigenvalue weighted by molar-refractivity contribution is 7.99. The van der Waals surface area contributed by atoms with Crippen LogP contribution >= 0.6 is 11.8 Å². The second-order valence-corrected chi connectivity index (χ2v) is 4.95. The fourth-order valence-electron chi connectivity index (χ4n) is 1.73. The summed E-state index contributed by atoms with van der Waals surface area (Å²) in [6.45, 7) is 0.455. The number of thioether (sulfide) groups is 1. The van der Waals surface area contributed by atoms with Crippen molar-refractivity contribution < 1.29 is 14.7 Å². The van der Waals surface area contributed by atoms with Gasteiger partial charge in [-0.05, 0) is 6.07 Å². The summed E-state index contributed by atoms with van der Waals surface area (Å²) >= 11 is 1.55. The van der Waals surface area contributed by atoms with Crippen molar-refractivity contribution in [3.63, 3.8) is 0 Å². The van der Waals surface area contributed by atoms with Gasteiger partial charge in [-0.2, -0.15) is 16.9 Å². The van der Waals surface area contributed by atoms with Gasteiger partial charge >= 0.3 is 5.97 Å². The van der Waals surface area contributed by atoms with Crippen LogP contribution in [-0.2, 0) is 11.8 Å². The van der Waals surface area contributed by atoms with E-state index in [1.807, 2.05) is 0 Å². The molecular weight excluding hydrogens is 242 g/mol. The molecule has 2 rings (SSSR count). The molecule has 1 aliphatic rings. The summed E-state index contributed by atoms with van der Waals surface area (Å²) < 4.78 is 1.53. The zero-order chi connectivity index (χ0) is 12.4. The predicted octanol–water partition coefficient (Wildman–Crippen LogP) is 0.0623. The minimum absolute atomic E-state index is 0.297. The van der Waals surface area contributed by atoms with Crippen molar-refractivity contribution in [1.29, 1.82) is 0 Å². The molecule has 2 heterocycles. The number of amides is 1. The molecule has 1 N–H and O–H groups in total. The molecule has 1 amide bonds. The highest BCUT2D eigenvalue weighted by Crippen LogP contribution is 2.18. The number of hydrogen-bond acceptors (Lipinski definition) is 4. The van der Waals surface area contributed by atoms with E-state index in [9.17, 15) is 9.59 Å². The summed E-state index contributed by atoms with van der Waals surface area (Å²) in [4.78, 5) is 24.6. The molecule has 1 aliphatic heterocycles. The molecule has 6 nitrogen and oxygen atoms in total. The van der Waals surface area contributed by atoms with Gasteiger partial charge in [0.05, 0.1) is 0 Å². The Morgan fingerprint density at radius 1 is 1.59 bits per heavy atom. The molecule has 1 aromatic rings. The molecule has 0 radical (unpaired) electrons. The second kappa shape index (κ2) is 4.79.